The molecule has 1 aliphatic rings. The molecule has 1 aliphatic heterocycles. The lowest BCUT2D eigenvalue weighted by Crippen LogP contribution is -2.31. The van der Waals surface area contributed by atoms with Gasteiger partial charge in [-0.15, -0.1) is 0 Å². The van der Waals surface area contributed by atoms with E-state index in [-0.39, 0.29) is 18.8 Å². The molecule has 8 heteroatoms. The van der Waals surface area contributed by atoms with Gasteiger partial charge in [-0.3, -0.25) is 5.32 Å². The second-order valence-corrected chi connectivity index (χ2v) is 8.88. The average molecular weight is 504 g/mol. The van der Waals surface area contributed by atoms with Gasteiger partial charge in [0.25, 0.3) is 0 Å². The van der Waals surface area contributed by atoms with Crippen LogP contribution in [0.3, 0.4) is 0 Å². The summed E-state index contributed by atoms with van der Waals surface area (Å²) in [6.45, 7) is 4.74. The first-order chi connectivity index (χ1) is 17.5. The summed E-state index contributed by atoms with van der Waals surface area (Å²) in [6, 6.07) is 5.54. The van der Waals surface area contributed by atoms with Crippen LogP contribution in [0.2, 0.25) is 0 Å². The third-order valence-electron chi connectivity index (χ3n) is 6.05. The molecule has 1 amide bonds. The molecule has 2 rings (SSSR count). The fraction of sp³-hybridized carbons (Fsp3) is 0.571. The zero-order chi connectivity index (χ0) is 26.2. The van der Waals surface area contributed by atoms with Gasteiger partial charge in [0.1, 0.15) is 24.2 Å². The van der Waals surface area contributed by atoms with E-state index in [9.17, 15) is 9.59 Å². The van der Waals surface area contributed by atoms with Crippen LogP contribution in [0.15, 0.2) is 42.6 Å². The molecular weight excluding hydrogens is 462 g/mol. The van der Waals surface area contributed by atoms with Crippen LogP contribution in [0.4, 0.5) is 4.79 Å². The van der Waals surface area contributed by atoms with Gasteiger partial charge in [0.15, 0.2) is 0 Å². The molecule has 0 saturated carbocycles. The Morgan fingerprint density at radius 3 is 2.81 bits per heavy atom. The number of carbonyl (C=O) groups is 2. The van der Waals surface area contributed by atoms with E-state index in [4.69, 9.17) is 23.7 Å². The van der Waals surface area contributed by atoms with Gasteiger partial charge in [-0.1, -0.05) is 57.0 Å². The van der Waals surface area contributed by atoms with E-state index < -0.39 is 18.2 Å². The van der Waals surface area contributed by atoms with Crippen LogP contribution in [0.25, 0.3) is 0 Å². The molecule has 0 saturated heterocycles. The Balaban J connectivity index is 2.17. The number of amides is 1. The van der Waals surface area contributed by atoms with Crippen molar-refractivity contribution in [1.29, 1.82) is 0 Å². The summed E-state index contributed by atoms with van der Waals surface area (Å²) in [5, 5.41) is 2.60. The van der Waals surface area contributed by atoms with Gasteiger partial charge in [0.2, 0.25) is 0 Å². The molecule has 8 nitrogen and oxygen atoms in total. The largest absolute Gasteiger partial charge is 0.496 e. The highest BCUT2D eigenvalue weighted by Crippen LogP contribution is 2.28. The maximum atomic E-state index is 13.3. The number of benzene rings is 1. The molecule has 200 valence electrons. The van der Waals surface area contributed by atoms with E-state index in [0.29, 0.717) is 37.2 Å². The number of nitrogens with one attached hydrogen (secondary N) is 1. The van der Waals surface area contributed by atoms with Crippen LogP contribution in [0.1, 0.15) is 68.3 Å². The van der Waals surface area contributed by atoms with E-state index in [1.54, 1.807) is 26.4 Å². The van der Waals surface area contributed by atoms with Gasteiger partial charge in [-0.2, -0.15) is 0 Å². The number of unbranched alkanes of at least 4 members (excludes halogenated alkanes) is 2. The predicted octanol–water partition coefficient (Wildman–Crippen LogP) is 5.56. The van der Waals surface area contributed by atoms with Gasteiger partial charge in [-0.25, -0.2) is 9.59 Å². The number of carbonyl (C=O) groups excluding carboxylic acids is 2. The number of hydrogen-bond donors (Lipinski definition) is 1. The lowest BCUT2D eigenvalue weighted by molar-refractivity contribution is -0.102. The van der Waals surface area contributed by atoms with Crippen LogP contribution in [0.5, 0.6) is 5.75 Å². The Morgan fingerprint density at radius 2 is 2.06 bits per heavy atom. The second kappa shape index (κ2) is 16.8. The first kappa shape index (κ1) is 29.4. The summed E-state index contributed by atoms with van der Waals surface area (Å²) in [5.74, 6) is 0.212. The Hall–Kier alpha value is -2.84. The summed E-state index contributed by atoms with van der Waals surface area (Å²) in [6.07, 6.45) is 11.5. The van der Waals surface area contributed by atoms with Crippen molar-refractivity contribution >= 4 is 12.1 Å². The van der Waals surface area contributed by atoms with Crippen molar-refractivity contribution in [2.75, 3.05) is 27.6 Å². The molecule has 36 heavy (non-hydrogen) atoms. The van der Waals surface area contributed by atoms with Crippen molar-refractivity contribution in [3.8, 4) is 5.75 Å². The molecule has 0 radical (unpaired) electrons. The van der Waals surface area contributed by atoms with Crippen LogP contribution >= 0.6 is 0 Å². The fourth-order valence-electron chi connectivity index (χ4n) is 4.01. The number of allylic oxidation sites excluding steroid dienone is 2. The summed E-state index contributed by atoms with van der Waals surface area (Å²) in [4.78, 5) is 25.2. The molecule has 2 unspecified atom stereocenters. The van der Waals surface area contributed by atoms with Gasteiger partial charge >= 0.3 is 12.1 Å². The van der Waals surface area contributed by atoms with Crippen LogP contribution in [-0.4, -0.2) is 51.9 Å². The van der Waals surface area contributed by atoms with Gasteiger partial charge in [0, 0.05) is 26.2 Å². The summed E-state index contributed by atoms with van der Waals surface area (Å²) in [7, 11) is 3.12. The first-order valence-corrected chi connectivity index (χ1v) is 12.7. The number of alkyl carbamates (subject to hydrolysis) is 1. The van der Waals surface area contributed by atoms with E-state index in [1.165, 1.54) is 6.20 Å². The molecule has 0 spiro atoms. The summed E-state index contributed by atoms with van der Waals surface area (Å²) < 4.78 is 27.7. The minimum atomic E-state index is -0.501. The molecule has 1 aromatic rings. The quantitative estimate of drug-likeness (QED) is 0.183. The van der Waals surface area contributed by atoms with Crippen LogP contribution in [0, 0.1) is 5.92 Å². The zero-order valence-electron chi connectivity index (χ0n) is 22.0. The topological polar surface area (TPSA) is 92.3 Å². The number of esters is 1. The number of fused-ring (bicyclic) bond motifs is 1. The Bertz CT molecular complexity index is 867. The lowest BCUT2D eigenvalue weighted by Gasteiger charge is -2.28. The standard InChI is InChI=1S/C28H41NO7/c1-5-6-9-18-34-28(31)29-17-11-15-23-19-25(35-20-32-3)21(2)12-7-8-13-22-14-10-16-24(33-4)26(22)27(30)36-23/h7-8,10-11,14,16-17,21,23,25H,5-6,9,12-13,15,18-20H2,1-4H3,(H,29,31)/b8-7+,17-11+/t21-,23?,25?/m0/s1. The number of cyclic esters (lactones) is 1. The molecule has 3 atom stereocenters. The maximum Gasteiger partial charge on any atom is 0.411 e. The van der Waals surface area contributed by atoms with Gasteiger partial charge in [0.05, 0.1) is 19.8 Å². The second-order valence-electron chi connectivity index (χ2n) is 8.88. The molecule has 1 heterocycles. The first-order valence-electron chi connectivity index (χ1n) is 12.7. The number of rotatable bonds is 11. The highest BCUT2D eigenvalue weighted by molar-refractivity contribution is 5.94. The minimum absolute atomic E-state index is 0.150. The zero-order valence-corrected chi connectivity index (χ0v) is 22.0. The molecule has 1 aromatic carbocycles. The van der Waals surface area contributed by atoms with E-state index in [0.717, 1.165) is 31.2 Å². The van der Waals surface area contributed by atoms with Crippen molar-refractivity contribution in [3.63, 3.8) is 0 Å². The molecule has 0 aromatic heterocycles. The SMILES string of the molecule is CCCCCOC(=O)N/C=C/CC1CC(OCOC)[C@@H](C)C/C=C/Cc2cccc(OC)c2C(=O)O1. The number of ether oxygens (including phenoxy) is 5. The number of hydrogen-bond acceptors (Lipinski definition) is 7. The third kappa shape index (κ3) is 10.0. The Labute approximate surface area is 215 Å². The highest BCUT2D eigenvalue weighted by atomic mass is 16.7. The van der Waals surface area contributed by atoms with Gasteiger partial charge < -0.3 is 23.7 Å². The van der Waals surface area contributed by atoms with Crippen LogP contribution < -0.4 is 10.1 Å². The average Bonchev–Trinajstić information content (AvgIpc) is 2.88. The molecule has 0 aliphatic carbocycles. The smallest absolute Gasteiger partial charge is 0.411 e. The van der Waals surface area contributed by atoms with Crippen molar-refractivity contribution in [2.24, 2.45) is 5.92 Å². The summed E-state index contributed by atoms with van der Waals surface area (Å²) >= 11 is 0. The lowest BCUT2D eigenvalue weighted by atomic mass is 9.93. The van der Waals surface area contributed by atoms with Crippen molar-refractivity contribution in [1.82, 2.24) is 5.32 Å². The van der Waals surface area contributed by atoms with Crippen molar-refractivity contribution in [3.05, 3.63) is 53.8 Å². The van der Waals surface area contributed by atoms with E-state index in [1.807, 2.05) is 12.1 Å². The van der Waals surface area contributed by atoms with Crippen molar-refractivity contribution in [2.45, 2.75) is 71.0 Å². The molecule has 0 fully saturated rings. The monoisotopic (exact) mass is 503 g/mol. The van der Waals surface area contributed by atoms with Crippen LogP contribution in [-0.2, 0) is 25.4 Å². The van der Waals surface area contributed by atoms with E-state index >= 15 is 0 Å². The molecule has 0 bridgehead atoms. The summed E-state index contributed by atoms with van der Waals surface area (Å²) in [5.41, 5.74) is 1.27. The normalized spacial score (nSPS) is 21.6. The molecule has 1 N–H and O–H groups in total. The predicted molar refractivity (Wildman–Crippen MR) is 138 cm³/mol. The maximum absolute atomic E-state index is 13.3. The number of methoxy groups -OCH3 is 2. The Morgan fingerprint density at radius 1 is 1.22 bits per heavy atom. The van der Waals surface area contributed by atoms with Gasteiger partial charge in [-0.05, 0) is 36.8 Å². The minimum Gasteiger partial charge on any atom is -0.496 e. The highest BCUT2D eigenvalue weighted by Gasteiger charge is 2.27. The Kier molecular flexibility index (Phi) is 13.7. The molecular formula is C28H41NO7. The third-order valence-corrected chi connectivity index (χ3v) is 6.05. The fourth-order valence-corrected chi connectivity index (χ4v) is 4.01. The van der Waals surface area contributed by atoms with E-state index in [2.05, 4.69) is 31.3 Å². The van der Waals surface area contributed by atoms with Crippen molar-refractivity contribution < 1.29 is 33.3 Å².